The van der Waals surface area contributed by atoms with Crippen LogP contribution in [0.2, 0.25) is 0 Å². The quantitative estimate of drug-likeness (QED) is 0.353. The lowest BCUT2D eigenvalue weighted by atomic mass is 10.3. The summed E-state index contributed by atoms with van der Waals surface area (Å²) >= 11 is 0. The first-order valence-corrected chi connectivity index (χ1v) is 3.39. The fourth-order valence-electron chi connectivity index (χ4n) is 0.848. The van der Waals surface area contributed by atoms with Crippen molar-refractivity contribution in [3.8, 4) is 0 Å². The van der Waals surface area contributed by atoms with E-state index in [2.05, 4.69) is 9.78 Å². The molecule has 0 radical (unpaired) electrons. The summed E-state index contributed by atoms with van der Waals surface area (Å²) in [6, 6.07) is 0. The van der Waals surface area contributed by atoms with E-state index in [9.17, 15) is 4.79 Å². The first-order chi connectivity index (χ1) is 5.18. The minimum Gasteiger partial charge on any atom is -0.389 e. The van der Waals surface area contributed by atoms with Crippen molar-refractivity contribution in [2.24, 2.45) is 0 Å². The Morgan fingerprint density at radius 1 is 1.64 bits per heavy atom. The number of carbonyl (C=O) groups excluding carboxylic acids is 1. The zero-order chi connectivity index (χ0) is 8.27. The fraction of sp³-hybridized carbons (Fsp3) is 0.571. The molecule has 0 spiro atoms. The van der Waals surface area contributed by atoms with Crippen LogP contribution in [-0.4, -0.2) is 23.3 Å². The van der Waals surface area contributed by atoms with Gasteiger partial charge in [0, 0.05) is 13.3 Å². The van der Waals surface area contributed by atoms with Gasteiger partial charge in [-0.1, -0.05) is 12.2 Å². The van der Waals surface area contributed by atoms with Crippen LogP contribution in [0, 0.1) is 0 Å². The van der Waals surface area contributed by atoms with Crippen LogP contribution >= 0.6 is 0 Å². The molecule has 4 nitrogen and oxygen atoms in total. The third kappa shape index (κ3) is 2.69. The summed E-state index contributed by atoms with van der Waals surface area (Å²) in [6.45, 7) is 1.26. The van der Waals surface area contributed by atoms with E-state index in [1.807, 2.05) is 0 Å². The highest BCUT2D eigenvalue weighted by Crippen LogP contribution is 2.13. The Balaban J connectivity index is 2.19. The molecule has 62 valence electrons. The number of hydrogen-bond donors (Lipinski definition) is 1. The van der Waals surface area contributed by atoms with Crippen molar-refractivity contribution in [3.63, 3.8) is 0 Å². The molecular weight excluding hydrogens is 148 g/mol. The molecule has 11 heavy (non-hydrogen) atoms. The maximum absolute atomic E-state index is 10.2. The van der Waals surface area contributed by atoms with Gasteiger partial charge in [0.05, 0.1) is 6.10 Å². The Hall–Kier alpha value is -0.870. The highest BCUT2D eigenvalue weighted by molar-refractivity contribution is 5.65. The summed E-state index contributed by atoms with van der Waals surface area (Å²) in [6.07, 6.45) is 2.94. The van der Waals surface area contributed by atoms with E-state index in [4.69, 9.17) is 5.11 Å². The van der Waals surface area contributed by atoms with Crippen LogP contribution in [0.4, 0.5) is 0 Å². The number of aliphatic hydroxyl groups excluding tert-OH is 1. The summed E-state index contributed by atoms with van der Waals surface area (Å²) in [5, 5.41) is 8.96. The van der Waals surface area contributed by atoms with Crippen molar-refractivity contribution in [2.75, 3.05) is 0 Å². The molecule has 2 atom stereocenters. The van der Waals surface area contributed by atoms with Gasteiger partial charge in [0.25, 0.3) is 0 Å². The van der Waals surface area contributed by atoms with E-state index in [-0.39, 0.29) is 6.10 Å². The molecule has 2 unspecified atom stereocenters. The van der Waals surface area contributed by atoms with Gasteiger partial charge in [0.2, 0.25) is 0 Å². The van der Waals surface area contributed by atoms with Crippen molar-refractivity contribution in [1.82, 2.24) is 0 Å². The van der Waals surface area contributed by atoms with E-state index >= 15 is 0 Å². The number of rotatable bonds is 2. The average molecular weight is 158 g/mol. The lowest BCUT2D eigenvalue weighted by molar-refractivity contribution is -0.287. The van der Waals surface area contributed by atoms with Gasteiger partial charge >= 0.3 is 5.97 Å². The molecule has 1 N–H and O–H groups in total. The summed E-state index contributed by atoms with van der Waals surface area (Å²) in [5.74, 6) is -0.486. The van der Waals surface area contributed by atoms with Crippen molar-refractivity contribution in [3.05, 3.63) is 12.2 Å². The zero-order valence-electron chi connectivity index (χ0n) is 6.19. The van der Waals surface area contributed by atoms with Crippen LogP contribution in [0.25, 0.3) is 0 Å². The third-order valence-electron chi connectivity index (χ3n) is 1.31. The number of hydrogen-bond acceptors (Lipinski definition) is 4. The maximum Gasteiger partial charge on any atom is 0.339 e. The van der Waals surface area contributed by atoms with E-state index in [0.717, 1.165) is 0 Å². The third-order valence-corrected chi connectivity index (χ3v) is 1.31. The van der Waals surface area contributed by atoms with Gasteiger partial charge < -0.3 is 5.11 Å². The molecule has 0 aliphatic heterocycles. The minimum absolute atomic E-state index is 0.297. The fourth-order valence-corrected chi connectivity index (χ4v) is 0.848. The largest absolute Gasteiger partial charge is 0.389 e. The molecule has 1 rings (SSSR count). The van der Waals surface area contributed by atoms with Gasteiger partial charge in [-0.3, -0.25) is 4.89 Å². The van der Waals surface area contributed by atoms with E-state index in [1.165, 1.54) is 6.92 Å². The number of carbonyl (C=O) groups is 1. The van der Waals surface area contributed by atoms with Gasteiger partial charge in [-0.2, -0.15) is 4.89 Å². The summed E-state index contributed by atoms with van der Waals surface area (Å²) < 4.78 is 0. The molecule has 0 saturated heterocycles. The second-order valence-electron chi connectivity index (χ2n) is 2.40. The Bertz CT molecular complexity index is 175. The van der Waals surface area contributed by atoms with Gasteiger partial charge in [-0.15, -0.1) is 0 Å². The van der Waals surface area contributed by atoms with Gasteiger partial charge in [0.15, 0.2) is 0 Å². The van der Waals surface area contributed by atoms with Gasteiger partial charge in [-0.05, 0) is 0 Å². The molecule has 0 aromatic rings. The summed E-state index contributed by atoms with van der Waals surface area (Å²) in [5.41, 5.74) is 0. The highest BCUT2D eigenvalue weighted by atomic mass is 17.2. The lowest BCUT2D eigenvalue weighted by Gasteiger charge is -2.06. The molecule has 0 fully saturated rings. The van der Waals surface area contributed by atoms with Crippen LogP contribution in [0.15, 0.2) is 12.2 Å². The summed E-state index contributed by atoms with van der Waals surface area (Å²) in [7, 11) is 0. The van der Waals surface area contributed by atoms with Crippen molar-refractivity contribution in [1.29, 1.82) is 0 Å². The predicted octanol–water partition coefficient (Wildman–Crippen LogP) is 0.170. The Morgan fingerprint density at radius 3 is 2.82 bits per heavy atom. The zero-order valence-corrected chi connectivity index (χ0v) is 6.19. The monoisotopic (exact) mass is 158 g/mol. The second kappa shape index (κ2) is 3.50. The molecule has 0 saturated carbocycles. The first-order valence-electron chi connectivity index (χ1n) is 3.39. The molecule has 1 aliphatic rings. The van der Waals surface area contributed by atoms with Crippen LogP contribution < -0.4 is 0 Å². The van der Waals surface area contributed by atoms with Gasteiger partial charge in [0.1, 0.15) is 6.10 Å². The molecular formula is C7H10O4. The van der Waals surface area contributed by atoms with Crippen LogP contribution in [0.1, 0.15) is 13.3 Å². The number of aliphatic hydroxyl groups is 1. The molecule has 0 aromatic heterocycles. The standard InChI is InChI=1S/C7H10O4/c1-5(8)10-11-7-3-2-6(9)4-7/h2-3,6-7,9H,4H2,1H3. The molecule has 0 amide bonds. The topological polar surface area (TPSA) is 55.8 Å². The van der Waals surface area contributed by atoms with Crippen molar-refractivity contribution < 1.29 is 19.7 Å². The Labute approximate surface area is 64.3 Å². The normalized spacial score (nSPS) is 28.9. The van der Waals surface area contributed by atoms with Gasteiger partial charge in [-0.25, -0.2) is 4.79 Å². The molecule has 4 heteroatoms. The maximum atomic E-state index is 10.2. The first kappa shape index (κ1) is 8.23. The van der Waals surface area contributed by atoms with Crippen LogP contribution in [0.5, 0.6) is 0 Å². The van der Waals surface area contributed by atoms with Crippen LogP contribution in [-0.2, 0) is 14.6 Å². The highest BCUT2D eigenvalue weighted by Gasteiger charge is 2.18. The molecule has 0 bridgehead atoms. The second-order valence-corrected chi connectivity index (χ2v) is 2.40. The molecule has 0 heterocycles. The van der Waals surface area contributed by atoms with E-state index < -0.39 is 12.1 Å². The molecule has 1 aliphatic carbocycles. The predicted molar refractivity (Wildman–Crippen MR) is 36.4 cm³/mol. The average Bonchev–Trinajstić information content (AvgIpc) is 2.31. The lowest BCUT2D eigenvalue weighted by Crippen LogP contribution is -2.13. The Morgan fingerprint density at radius 2 is 2.36 bits per heavy atom. The minimum atomic E-state index is -0.486. The van der Waals surface area contributed by atoms with Crippen LogP contribution in [0.3, 0.4) is 0 Å². The SMILES string of the molecule is CC(=O)OOC1C=CC(O)C1. The van der Waals surface area contributed by atoms with E-state index in [1.54, 1.807) is 12.2 Å². The van der Waals surface area contributed by atoms with E-state index in [0.29, 0.717) is 6.42 Å². The smallest absolute Gasteiger partial charge is 0.339 e. The van der Waals surface area contributed by atoms with Crippen molar-refractivity contribution >= 4 is 5.97 Å². The summed E-state index contributed by atoms with van der Waals surface area (Å²) in [4.78, 5) is 19.2. The molecule has 0 aromatic carbocycles. The van der Waals surface area contributed by atoms with Crippen molar-refractivity contribution in [2.45, 2.75) is 25.6 Å². The Kier molecular flexibility index (Phi) is 2.62.